The zero-order valence-corrected chi connectivity index (χ0v) is 25.9. The van der Waals surface area contributed by atoms with Gasteiger partial charge in [-0.25, -0.2) is 16.8 Å². The second-order valence-corrected chi connectivity index (χ2v) is 14.7. The average Bonchev–Trinajstić information content (AvgIpc) is 3.45. The molecule has 1 saturated heterocycles. The molecule has 1 amide bonds. The third-order valence-corrected chi connectivity index (χ3v) is 11.4. The van der Waals surface area contributed by atoms with Crippen molar-refractivity contribution in [1.29, 1.82) is 0 Å². The highest BCUT2D eigenvalue weighted by Gasteiger charge is 2.30. The van der Waals surface area contributed by atoms with Crippen LogP contribution in [0.15, 0.2) is 70.5 Å². The first-order valence-electron chi connectivity index (χ1n) is 13.6. The molecule has 0 aromatic heterocycles. The van der Waals surface area contributed by atoms with Gasteiger partial charge in [-0.05, 0) is 86.6 Å². The zero-order chi connectivity index (χ0) is 29.8. The molecule has 0 atom stereocenters. The summed E-state index contributed by atoms with van der Waals surface area (Å²) in [5.41, 5.74) is 3.78. The van der Waals surface area contributed by atoms with Crippen molar-refractivity contribution in [2.45, 2.75) is 56.4 Å². The maximum absolute atomic E-state index is 13.9. The summed E-state index contributed by atoms with van der Waals surface area (Å²) in [5, 5.41) is 3.35. The number of nitrogens with one attached hydrogen (secondary N) is 1. The van der Waals surface area contributed by atoms with Crippen molar-refractivity contribution in [1.82, 2.24) is 13.9 Å². The summed E-state index contributed by atoms with van der Waals surface area (Å²) in [6, 6.07) is 17.2. The van der Waals surface area contributed by atoms with Crippen LogP contribution >= 0.6 is 11.6 Å². The summed E-state index contributed by atoms with van der Waals surface area (Å²) in [4.78, 5) is 13.5. The van der Waals surface area contributed by atoms with Crippen LogP contribution in [0.2, 0.25) is 5.02 Å². The second-order valence-electron chi connectivity index (χ2n) is 10.5. The number of hydrogen-bond acceptors (Lipinski definition) is 5. The van der Waals surface area contributed by atoms with E-state index in [0.717, 1.165) is 24.0 Å². The fraction of sp³-hybridized carbons (Fsp3) is 0.367. The van der Waals surface area contributed by atoms with Crippen LogP contribution in [0.5, 0.6) is 0 Å². The molecule has 1 heterocycles. The molecule has 0 bridgehead atoms. The lowest BCUT2D eigenvalue weighted by atomic mass is 10.1. The van der Waals surface area contributed by atoms with Crippen molar-refractivity contribution in [3.05, 3.63) is 93.5 Å². The molecule has 8 nitrogen and oxygen atoms in total. The summed E-state index contributed by atoms with van der Waals surface area (Å²) in [7, 11) is -7.49. The van der Waals surface area contributed by atoms with E-state index in [1.165, 1.54) is 8.61 Å². The first kappa shape index (κ1) is 31.2. The van der Waals surface area contributed by atoms with Crippen molar-refractivity contribution in [3.63, 3.8) is 0 Å². The molecule has 220 valence electrons. The lowest BCUT2D eigenvalue weighted by Crippen LogP contribution is -2.41. The molecule has 0 unspecified atom stereocenters. The molecule has 0 saturated carbocycles. The molecule has 0 radical (unpaired) electrons. The summed E-state index contributed by atoms with van der Waals surface area (Å²) in [6.45, 7) is 6.44. The number of aryl methyl sites for hydroxylation is 3. The van der Waals surface area contributed by atoms with Crippen molar-refractivity contribution in [2.75, 3.05) is 26.2 Å². The second kappa shape index (κ2) is 13.0. The number of amides is 1. The van der Waals surface area contributed by atoms with Crippen molar-refractivity contribution < 1.29 is 21.6 Å². The minimum absolute atomic E-state index is 0.00658. The van der Waals surface area contributed by atoms with Crippen molar-refractivity contribution in [2.24, 2.45) is 0 Å². The molecular weight excluding hydrogens is 582 g/mol. The van der Waals surface area contributed by atoms with Crippen LogP contribution in [0, 0.1) is 20.8 Å². The SMILES string of the molecule is Cc1cc(C)c(S(=O)(=O)N(CC(=O)NCCc2ccc(S(=O)(=O)N3CCCC3)cc2)Cc2ccc(Cl)cc2)c(C)c1. The summed E-state index contributed by atoms with van der Waals surface area (Å²) < 4.78 is 55.9. The lowest BCUT2D eigenvalue weighted by molar-refractivity contribution is -0.121. The maximum Gasteiger partial charge on any atom is 0.244 e. The van der Waals surface area contributed by atoms with Crippen LogP contribution in [0.4, 0.5) is 0 Å². The summed E-state index contributed by atoms with van der Waals surface area (Å²) in [5.74, 6) is -0.432. The Labute approximate surface area is 248 Å². The van der Waals surface area contributed by atoms with Gasteiger partial charge in [0.25, 0.3) is 0 Å². The highest BCUT2D eigenvalue weighted by atomic mass is 35.5. The molecule has 1 fully saturated rings. The molecular formula is C30H36ClN3O5S2. The monoisotopic (exact) mass is 617 g/mol. The van der Waals surface area contributed by atoms with E-state index >= 15 is 0 Å². The Hall–Kier alpha value is -2.76. The Kier molecular flexibility index (Phi) is 9.92. The Balaban J connectivity index is 1.44. The van der Waals surface area contributed by atoms with Crippen LogP contribution in [-0.2, 0) is 37.8 Å². The number of sulfonamides is 2. The minimum atomic E-state index is -4.01. The minimum Gasteiger partial charge on any atom is -0.355 e. The van der Waals surface area contributed by atoms with E-state index in [9.17, 15) is 21.6 Å². The number of carbonyl (C=O) groups excluding carboxylic acids is 1. The third kappa shape index (κ3) is 7.55. The Morgan fingerprint density at radius 3 is 2.02 bits per heavy atom. The number of carbonyl (C=O) groups is 1. The first-order chi connectivity index (χ1) is 19.4. The quantitative estimate of drug-likeness (QED) is 0.339. The zero-order valence-electron chi connectivity index (χ0n) is 23.6. The van der Waals surface area contributed by atoms with E-state index in [4.69, 9.17) is 11.6 Å². The predicted molar refractivity (Wildman–Crippen MR) is 161 cm³/mol. The van der Waals surface area contributed by atoms with Gasteiger partial charge < -0.3 is 5.32 Å². The molecule has 1 aliphatic rings. The topological polar surface area (TPSA) is 104 Å². The van der Waals surface area contributed by atoms with Gasteiger partial charge in [0, 0.05) is 31.2 Å². The van der Waals surface area contributed by atoms with Gasteiger partial charge in [0.05, 0.1) is 16.3 Å². The Morgan fingerprint density at radius 1 is 0.878 bits per heavy atom. The van der Waals surface area contributed by atoms with Gasteiger partial charge in [0.15, 0.2) is 0 Å². The van der Waals surface area contributed by atoms with Crippen molar-refractivity contribution in [3.8, 4) is 0 Å². The van der Waals surface area contributed by atoms with Crippen LogP contribution in [0.3, 0.4) is 0 Å². The normalized spacial score (nSPS) is 14.5. The fourth-order valence-corrected chi connectivity index (χ4v) is 8.63. The van der Waals surface area contributed by atoms with Gasteiger partial charge >= 0.3 is 0 Å². The molecule has 1 N–H and O–H groups in total. The smallest absolute Gasteiger partial charge is 0.244 e. The Bertz CT molecular complexity index is 1580. The van der Waals surface area contributed by atoms with Crippen LogP contribution in [-0.4, -0.2) is 57.5 Å². The van der Waals surface area contributed by atoms with Gasteiger partial charge in [-0.1, -0.05) is 53.6 Å². The van der Waals surface area contributed by atoms with E-state index in [1.807, 2.05) is 19.1 Å². The number of hydrogen-bond donors (Lipinski definition) is 1. The first-order valence-corrected chi connectivity index (χ1v) is 16.8. The molecule has 0 aliphatic carbocycles. The van der Waals surface area contributed by atoms with E-state index in [0.29, 0.717) is 41.2 Å². The average molecular weight is 618 g/mol. The molecule has 3 aromatic rings. The molecule has 11 heteroatoms. The van der Waals surface area contributed by atoms with Gasteiger partial charge in [-0.15, -0.1) is 0 Å². The number of benzene rings is 3. The lowest BCUT2D eigenvalue weighted by Gasteiger charge is -2.24. The highest BCUT2D eigenvalue weighted by molar-refractivity contribution is 7.89. The molecule has 41 heavy (non-hydrogen) atoms. The molecule has 4 rings (SSSR count). The standard InChI is InChI=1S/C30H36ClN3O5S2/c1-22-18-23(2)30(24(3)19-22)41(38,39)34(20-26-6-10-27(31)11-7-26)21-29(35)32-15-14-25-8-12-28(13-9-25)40(36,37)33-16-4-5-17-33/h6-13,18-19H,4-5,14-17,20-21H2,1-3H3,(H,32,35). The van der Waals surface area contributed by atoms with E-state index < -0.39 is 26.0 Å². The molecule has 3 aromatic carbocycles. The van der Waals surface area contributed by atoms with Crippen LogP contribution in [0.1, 0.15) is 40.7 Å². The summed E-state index contributed by atoms with van der Waals surface area (Å²) in [6.07, 6.45) is 2.22. The van der Waals surface area contributed by atoms with Crippen LogP contribution in [0.25, 0.3) is 0 Å². The molecule has 0 spiro atoms. The maximum atomic E-state index is 13.9. The Morgan fingerprint density at radius 2 is 1.44 bits per heavy atom. The van der Waals surface area contributed by atoms with E-state index in [2.05, 4.69) is 5.32 Å². The van der Waals surface area contributed by atoms with Gasteiger partial charge in [-0.2, -0.15) is 8.61 Å². The predicted octanol–water partition coefficient (Wildman–Crippen LogP) is 4.60. The third-order valence-electron chi connectivity index (χ3n) is 7.16. The number of halogens is 1. The van der Waals surface area contributed by atoms with Gasteiger partial charge in [0.1, 0.15) is 0 Å². The van der Waals surface area contributed by atoms with E-state index in [-0.39, 0.29) is 29.4 Å². The number of nitrogens with zero attached hydrogens (tertiary/aromatic N) is 2. The largest absolute Gasteiger partial charge is 0.355 e. The number of rotatable bonds is 11. The van der Waals surface area contributed by atoms with Gasteiger partial charge in [-0.3, -0.25) is 4.79 Å². The molecule has 1 aliphatic heterocycles. The van der Waals surface area contributed by atoms with Crippen molar-refractivity contribution >= 4 is 37.6 Å². The van der Waals surface area contributed by atoms with Crippen LogP contribution < -0.4 is 5.32 Å². The highest BCUT2D eigenvalue weighted by Crippen LogP contribution is 2.27. The summed E-state index contributed by atoms with van der Waals surface area (Å²) >= 11 is 6.02. The van der Waals surface area contributed by atoms with Gasteiger partial charge in [0.2, 0.25) is 26.0 Å². The van der Waals surface area contributed by atoms with E-state index in [1.54, 1.807) is 62.4 Å². The fourth-order valence-electron chi connectivity index (χ4n) is 5.19.